The molecule has 25 heavy (non-hydrogen) atoms. The number of aliphatic hydroxyl groups excluding tert-OH is 1. The molecule has 1 N–H and O–H groups in total. The Morgan fingerprint density at radius 3 is 2.52 bits per heavy atom. The predicted molar refractivity (Wildman–Crippen MR) is 93.6 cm³/mol. The van der Waals surface area contributed by atoms with Crippen molar-refractivity contribution in [2.24, 2.45) is 5.92 Å². The van der Waals surface area contributed by atoms with E-state index >= 15 is 0 Å². The molecule has 1 fully saturated rings. The van der Waals surface area contributed by atoms with E-state index in [1.54, 1.807) is 24.4 Å². The normalized spacial score (nSPS) is 17.5. The van der Waals surface area contributed by atoms with E-state index in [0.29, 0.717) is 11.4 Å². The second kappa shape index (κ2) is 7.66. The summed E-state index contributed by atoms with van der Waals surface area (Å²) in [6, 6.07) is 7.44. The number of aliphatic hydroxyl groups is 1. The minimum atomic E-state index is -3.44. The average Bonchev–Trinajstić information content (AvgIpc) is 3.03. The van der Waals surface area contributed by atoms with Crippen molar-refractivity contribution in [2.45, 2.75) is 44.0 Å². The van der Waals surface area contributed by atoms with Gasteiger partial charge in [-0.2, -0.15) is 5.10 Å². The van der Waals surface area contributed by atoms with Gasteiger partial charge in [0.25, 0.3) is 0 Å². The molecule has 1 saturated carbocycles. The monoisotopic (exact) mass is 366 g/mol. The average molecular weight is 366 g/mol. The summed E-state index contributed by atoms with van der Waals surface area (Å²) in [5.74, 6) is -0.679. The van der Waals surface area contributed by atoms with Crippen molar-refractivity contribution in [1.29, 1.82) is 0 Å². The van der Waals surface area contributed by atoms with Crippen LogP contribution in [0.3, 0.4) is 0 Å². The van der Waals surface area contributed by atoms with Crippen molar-refractivity contribution in [3.8, 4) is 5.69 Å². The van der Waals surface area contributed by atoms with Gasteiger partial charge in [-0.1, -0.05) is 19.3 Å². The molecule has 1 aliphatic carbocycles. The number of nitrogens with zero attached hydrogens (tertiary/aromatic N) is 2. The summed E-state index contributed by atoms with van der Waals surface area (Å²) < 4.78 is 39.3. The molecule has 2 aromatic rings. The largest absolute Gasteiger partial charge is 0.392 e. The molecule has 5 nitrogen and oxygen atoms in total. The van der Waals surface area contributed by atoms with Gasteiger partial charge in [-0.3, -0.25) is 0 Å². The van der Waals surface area contributed by atoms with Crippen molar-refractivity contribution in [3.05, 3.63) is 48.0 Å². The third kappa shape index (κ3) is 4.89. The number of hydrogen-bond acceptors (Lipinski definition) is 4. The van der Waals surface area contributed by atoms with Gasteiger partial charge < -0.3 is 5.11 Å². The van der Waals surface area contributed by atoms with Gasteiger partial charge in [0.2, 0.25) is 0 Å². The lowest BCUT2D eigenvalue weighted by atomic mass is 9.86. The van der Waals surface area contributed by atoms with Gasteiger partial charge in [0.05, 0.1) is 29.0 Å². The van der Waals surface area contributed by atoms with Crippen LogP contribution in [0.1, 0.15) is 37.8 Å². The predicted octanol–water partition coefficient (Wildman–Crippen LogP) is 2.87. The third-order valence-electron chi connectivity index (χ3n) is 4.72. The Balaban J connectivity index is 1.63. The fourth-order valence-corrected chi connectivity index (χ4v) is 4.89. The smallest absolute Gasteiger partial charge is 0.158 e. The lowest BCUT2D eigenvalue weighted by Gasteiger charge is -2.26. The molecule has 1 aliphatic rings. The minimum Gasteiger partial charge on any atom is -0.392 e. The number of hydrogen-bond donors (Lipinski definition) is 1. The molecule has 0 radical (unpaired) electrons. The van der Waals surface area contributed by atoms with Gasteiger partial charge >= 0.3 is 0 Å². The standard InChI is InChI=1S/C18H23FN2O3S/c19-15-6-8-17(9-7-15)21-11-10-16(20-21)12-25(23,24)13-18(22)14-4-2-1-3-5-14/h6-11,14,18,22H,1-5,12-13H2. The second-order valence-corrected chi connectivity index (χ2v) is 8.86. The van der Waals surface area contributed by atoms with Gasteiger partial charge in [0.15, 0.2) is 9.84 Å². The molecular formula is C18H23FN2O3S. The minimum absolute atomic E-state index is 0.0836. The first kappa shape index (κ1) is 18.1. The molecule has 0 amide bonds. The van der Waals surface area contributed by atoms with Crippen LogP contribution in [-0.2, 0) is 15.6 Å². The fourth-order valence-electron chi connectivity index (χ4n) is 3.38. The van der Waals surface area contributed by atoms with E-state index in [-0.39, 0.29) is 23.2 Å². The number of rotatable bonds is 6. The maximum Gasteiger partial charge on any atom is 0.158 e. The Morgan fingerprint density at radius 1 is 1.16 bits per heavy atom. The van der Waals surface area contributed by atoms with Gasteiger partial charge in [-0.25, -0.2) is 17.5 Å². The molecule has 1 aromatic carbocycles. The first-order valence-corrected chi connectivity index (χ1v) is 10.4. The quantitative estimate of drug-likeness (QED) is 0.853. The van der Waals surface area contributed by atoms with E-state index < -0.39 is 15.9 Å². The molecule has 0 bridgehead atoms. The lowest BCUT2D eigenvalue weighted by Crippen LogP contribution is -2.31. The highest BCUT2D eigenvalue weighted by Crippen LogP contribution is 2.27. The summed E-state index contributed by atoms with van der Waals surface area (Å²) in [4.78, 5) is 0. The van der Waals surface area contributed by atoms with Crippen molar-refractivity contribution >= 4 is 9.84 Å². The van der Waals surface area contributed by atoms with Crippen molar-refractivity contribution in [3.63, 3.8) is 0 Å². The van der Waals surface area contributed by atoms with Crippen LogP contribution >= 0.6 is 0 Å². The summed E-state index contributed by atoms with van der Waals surface area (Å²) in [7, 11) is -3.44. The number of sulfone groups is 1. The van der Waals surface area contributed by atoms with E-state index in [2.05, 4.69) is 5.10 Å². The maximum atomic E-state index is 13.0. The molecule has 1 aromatic heterocycles. The SMILES string of the molecule is O=S(=O)(Cc1ccn(-c2ccc(F)cc2)n1)CC(O)C1CCCCC1. The van der Waals surface area contributed by atoms with Crippen LogP contribution in [0.5, 0.6) is 0 Å². The molecule has 7 heteroatoms. The van der Waals surface area contributed by atoms with Crippen LogP contribution in [0.25, 0.3) is 5.69 Å². The van der Waals surface area contributed by atoms with Crippen molar-refractivity contribution in [2.75, 3.05) is 5.75 Å². The Bertz CT molecular complexity index is 796. The number of halogens is 1. The van der Waals surface area contributed by atoms with Crippen LogP contribution in [0.2, 0.25) is 0 Å². The molecule has 1 atom stereocenters. The Kier molecular flexibility index (Phi) is 5.54. The molecule has 0 saturated heterocycles. The summed E-state index contributed by atoms with van der Waals surface area (Å²) >= 11 is 0. The molecule has 3 rings (SSSR count). The zero-order valence-electron chi connectivity index (χ0n) is 14.0. The first-order valence-electron chi connectivity index (χ1n) is 8.62. The van der Waals surface area contributed by atoms with Crippen LogP contribution in [0.4, 0.5) is 4.39 Å². The van der Waals surface area contributed by atoms with E-state index in [4.69, 9.17) is 0 Å². The number of aromatic nitrogens is 2. The lowest BCUT2D eigenvalue weighted by molar-refractivity contribution is 0.103. The summed E-state index contributed by atoms with van der Waals surface area (Å²) in [6.45, 7) is 0. The third-order valence-corrected chi connectivity index (χ3v) is 6.31. The zero-order chi connectivity index (χ0) is 17.9. The van der Waals surface area contributed by atoms with Crippen LogP contribution in [0, 0.1) is 11.7 Å². The van der Waals surface area contributed by atoms with Gasteiger partial charge in [-0.15, -0.1) is 0 Å². The van der Waals surface area contributed by atoms with Gasteiger partial charge in [0.1, 0.15) is 5.82 Å². The molecule has 136 valence electrons. The molecule has 0 spiro atoms. The first-order chi connectivity index (χ1) is 11.9. The van der Waals surface area contributed by atoms with Crippen LogP contribution in [-0.4, -0.2) is 35.2 Å². The Hall–Kier alpha value is -1.73. The van der Waals surface area contributed by atoms with Crippen LogP contribution in [0.15, 0.2) is 36.5 Å². The van der Waals surface area contributed by atoms with Gasteiger partial charge in [-0.05, 0) is 49.1 Å². The highest BCUT2D eigenvalue weighted by Gasteiger charge is 2.27. The zero-order valence-corrected chi connectivity index (χ0v) is 14.8. The molecule has 1 unspecified atom stereocenters. The van der Waals surface area contributed by atoms with E-state index in [1.165, 1.54) is 16.8 Å². The van der Waals surface area contributed by atoms with E-state index in [0.717, 1.165) is 32.1 Å². The fraction of sp³-hybridized carbons (Fsp3) is 0.500. The molecule has 0 aliphatic heterocycles. The van der Waals surface area contributed by atoms with Crippen molar-refractivity contribution < 1.29 is 17.9 Å². The van der Waals surface area contributed by atoms with Gasteiger partial charge in [0, 0.05) is 6.20 Å². The summed E-state index contributed by atoms with van der Waals surface area (Å²) in [6.07, 6.45) is 5.93. The summed E-state index contributed by atoms with van der Waals surface area (Å²) in [5, 5.41) is 14.5. The van der Waals surface area contributed by atoms with E-state index in [9.17, 15) is 17.9 Å². The van der Waals surface area contributed by atoms with Crippen LogP contribution < -0.4 is 0 Å². The van der Waals surface area contributed by atoms with Crippen molar-refractivity contribution in [1.82, 2.24) is 9.78 Å². The highest BCUT2D eigenvalue weighted by atomic mass is 32.2. The molecular weight excluding hydrogens is 343 g/mol. The summed E-state index contributed by atoms with van der Waals surface area (Å²) in [5.41, 5.74) is 1.08. The van der Waals surface area contributed by atoms with E-state index in [1.807, 2.05) is 0 Å². The topological polar surface area (TPSA) is 72.2 Å². The maximum absolute atomic E-state index is 13.0. The molecule has 1 heterocycles. The number of benzene rings is 1. The Morgan fingerprint density at radius 2 is 1.84 bits per heavy atom. The highest BCUT2D eigenvalue weighted by molar-refractivity contribution is 7.90. The second-order valence-electron chi connectivity index (χ2n) is 6.75. The Labute approximate surface area is 147 Å².